The maximum Gasteiger partial charge on any atom is 0.225 e. The molecule has 23 heavy (non-hydrogen) atoms. The van der Waals surface area contributed by atoms with Gasteiger partial charge in [0.1, 0.15) is 24.3 Å². The fourth-order valence-corrected chi connectivity index (χ4v) is 2.80. The van der Waals surface area contributed by atoms with Crippen LogP contribution in [0.15, 0.2) is 24.3 Å². The minimum Gasteiger partial charge on any atom is -0.491 e. The molecule has 0 bridgehead atoms. The van der Waals surface area contributed by atoms with E-state index in [0.29, 0.717) is 12.3 Å². The summed E-state index contributed by atoms with van der Waals surface area (Å²) in [5.74, 6) is 0.507. The molecule has 2 rings (SSSR count). The standard InChI is InChI=1S/C17H25FN2O3/c1-19(2)17(22)13-7-9-20(10-8-13)11-15(21)12-23-16-5-3-14(18)4-6-16/h3-6,13,15,21H,7-12H2,1-2H3/t15-/m1/s1. The number of rotatable bonds is 6. The lowest BCUT2D eigenvalue weighted by Crippen LogP contribution is -2.43. The average Bonchev–Trinajstić information content (AvgIpc) is 2.54. The molecule has 0 unspecified atom stereocenters. The number of benzene rings is 1. The molecule has 1 atom stereocenters. The van der Waals surface area contributed by atoms with Gasteiger partial charge in [-0.05, 0) is 50.2 Å². The van der Waals surface area contributed by atoms with E-state index in [2.05, 4.69) is 4.90 Å². The van der Waals surface area contributed by atoms with Crippen molar-refractivity contribution < 1.29 is 19.0 Å². The molecule has 1 aromatic rings. The quantitative estimate of drug-likeness (QED) is 0.859. The van der Waals surface area contributed by atoms with Gasteiger partial charge in [-0.25, -0.2) is 4.39 Å². The molecule has 1 heterocycles. The molecule has 5 nitrogen and oxygen atoms in total. The number of aliphatic hydroxyl groups is 1. The van der Waals surface area contributed by atoms with Crippen LogP contribution in [0, 0.1) is 11.7 Å². The molecule has 1 fully saturated rings. The zero-order valence-corrected chi connectivity index (χ0v) is 13.7. The molecular formula is C17H25FN2O3. The van der Waals surface area contributed by atoms with Crippen molar-refractivity contribution in [3.8, 4) is 5.75 Å². The first-order valence-electron chi connectivity index (χ1n) is 7.95. The maximum atomic E-state index is 12.8. The number of hydrogen-bond donors (Lipinski definition) is 1. The van der Waals surface area contributed by atoms with Gasteiger partial charge in [-0.3, -0.25) is 4.79 Å². The number of halogens is 1. The second-order valence-electron chi connectivity index (χ2n) is 6.23. The lowest BCUT2D eigenvalue weighted by molar-refractivity contribution is -0.134. The Morgan fingerprint density at radius 1 is 1.35 bits per heavy atom. The molecule has 128 valence electrons. The van der Waals surface area contributed by atoms with E-state index in [1.807, 2.05) is 0 Å². The smallest absolute Gasteiger partial charge is 0.225 e. The summed E-state index contributed by atoms with van der Waals surface area (Å²) < 4.78 is 18.2. The summed E-state index contributed by atoms with van der Waals surface area (Å²) in [4.78, 5) is 15.7. The first-order chi connectivity index (χ1) is 11.0. The van der Waals surface area contributed by atoms with Crippen LogP contribution in [0.5, 0.6) is 5.75 Å². The number of carbonyl (C=O) groups excluding carboxylic acids is 1. The highest BCUT2D eigenvalue weighted by molar-refractivity contribution is 5.78. The molecule has 6 heteroatoms. The summed E-state index contributed by atoms with van der Waals surface area (Å²) in [6.07, 6.45) is 1.03. The van der Waals surface area contributed by atoms with Crippen LogP contribution in [-0.2, 0) is 4.79 Å². The second-order valence-corrected chi connectivity index (χ2v) is 6.23. The van der Waals surface area contributed by atoms with E-state index >= 15 is 0 Å². The molecule has 1 aliphatic rings. The zero-order valence-electron chi connectivity index (χ0n) is 13.7. The lowest BCUT2D eigenvalue weighted by atomic mass is 9.95. The summed E-state index contributed by atoms with van der Waals surface area (Å²) in [6.45, 7) is 2.29. The van der Waals surface area contributed by atoms with Crippen molar-refractivity contribution in [3.63, 3.8) is 0 Å². The molecule has 1 aliphatic heterocycles. The predicted octanol–water partition coefficient (Wildman–Crippen LogP) is 1.37. The maximum absolute atomic E-state index is 12.8. The highest BCUT2D eigenvalue weighted by atomic mass is 19.1. The van der Waals surface area contributed by atoms with E-state index in [1.54, 1.807) is 31.1 Å². The van der Waals surface area contributed by atoms with Crippen molar-refractivity contribution in [2.45, 2.75) is 18.9 Å². The summed E-state index contributed by atoms with van der Waals surface area (Å²) >= 11 is 0. The third-order valence-corrected chi connectivity index (χ3v) is 4.10. The van der Waals surface area contributed by atoms with Gasteiger partial charge in [-0.2, -0.15) is 0 Å². The van der Waals surface area contributed by atoms with Gasteiger partial charge in [-0.15, -0.1) is 0 Å². The predicted molar refractivity (Wildman–Crippen MR) is 85.8 cm³/mol. The van der Waals surface area contributed by atoms with Crippen LogP contribution < -0.4 is 4.74 Å². The number of aliphatic hydroxyl groups excluding tert-OH is 1. The van der Waals surface area contributed by atoms with Gasteiger partial charge in [0.05, 0.1) is 0 Å². The second kappa shape index (κ2) is 8.26. The van der Waals surface area contributed by atoms with Gasteiger partial charge in [0.25, 0.3) is 0 Å². The van der Waals surface area contributed by atoms with Crippen LogP contribution in [0.25, 0.3) is 0 Å². The highest BCUT2D eigenvalue weighted by Crippen LogP contribution is 2.19. The van der Waals surface area contributed by atoms with Crippen LogP contribution in [0.1, 0.15) is 12.8 Å². The fourth-order valence-electron chi connectivity index (χ4n) is 2.80. The topological polar surface area (TPSA) is 53.0 Å². The summed E-state index contributed by atoms with van der Waals surface area (Å²) in [5, 5.41) is 10.1. The van der Waals surface area contributed by atoms with E-state index in [0.717, 1.165) is 25.9 Å². The molecule has 1 N–H and O–H groups in total. The van der Waals surface area contributed by atoms with E-state index in [1.165, 1.54) is 12.1 Å². The minimum atomic E-state index is -0.610. The van der Waals surface area contributed by atoms with E-state index in [-0.39, 0.29) is 24.2 Å². The van der Waals surface area contributed by atoms with Crippen LogP contribution in [0.3, 0.4) is 0 Å². The Labute approximate surface area is 136 Å². The first-order valence-corrected chi connectivity index (χ1v) is 7.95. The van der Waals surface area contributed by atoms with Crippen molar-refractivity contribution >= 4 is 5.91 Å². The van der Waals surface area contributed by atoms with Gasteiger partial charge in [0.15, 0.2) is 0 Å². The number of β-amino-alcohol motifs (C(OH)–C–C–N with tert-alkyl or cyclic N) is 1. The molecular weight excluding hydrogens is 299 g/mol. The molecule has 1 amide bonds. The third-order valence-electron chi connectivity index (χ3n) is 4.10. The van der Waals surface area contributed by atoms with Gasteiger partial charge < -0.3 is 19.6 Å². The Bertz CT molecular complexity index is 499. The number of ether oxygens (including phenoxy) is 1. The average molecular weight is 324 g/mol. The number of piperidine rings is 1. The van der Waals surface area contributed by atoms with Gasteiger partial charge in [0, 0.05) is 26.6 Å². The van der Waals surface area contributed by atoms with Gasteiger partial charge in [-0.1, -0.05) is 0 Å². The molecule has 0 aliphatic carbocycles. The van der Waals surface area contributed by atoms with E-state index in [9.17, 15) is 14.3 Å². The molecule has 0 spiro atoms. The van der Waals surface area contributed by atoms with Crippen molar-refractivity contribution in [3.05, 3.63) is 30.1 Å². The van der Waals surface area contributed by atoms with Crippen molar-refractivity contribution in [2.24, 2.45) is 5.92 Å². The summed E-state index contributed by atoms with van der Waals surface area (Å²) in [7, 11) is 3.57. The van der Waals surface area contributed by atoms with Crippen molar-refractivity contribution in [2.75, 3.05) is 40.3 Å². The first kappa shape index (κ1) is 17.7. The third kappa shape index (κ3) is 5.48. The van der Waals surface area contributed by atoms with Crippen LogP contribution >= 0.6 is 0 Å². The van der Waals surface area contributed by atoms with Crippen LogP contribution in [-0.4, -0.2) is 67.3 Å². The number of hydrogen-bond acceptors (Lipinski definition) is 4. The SMILES string of the molecule is CN(C)C(=O)C1CCN(C[C@@H](O)COc2ccc(F)cc2)CC1. The Balaban J connectivity index is 1.69. The Morgan fingerprint density at radius 2 is 1.96 bits per heavy atom. The lowest BCUT2D eigenvalue weighted by Gasteiger charge is -2.33. The monoisotopic (exact) mass is 324 g/mol. The summed E-state index contributed by atoms with van der Waals surface area (Å²) in [5.41, 5.74) is 0. The number of likely N-dealkylation sites (tertiary alicyclic amines) is 1. The molecule has 1 saturated heterocycles. The molecule has 0 radical (unpaired) electrons. The zero-order chi connectivity index (χ0) is 16.8. The van der Waals surface area contributed by atoms with Crippen molar-refractivity contribution in [1.29, 1.82) is 0 Å². The van der Waals surface area contributed by atoms with E-state index in [4.69, 9.17) is 4.74 Å². The Kier molecular flexibility index (Phi) is 6.36. The largest absolute Gasteiger partial charge is 0.491 e. The normalized spacial score (nSPS) is 17.7. The Hall–Kier alpha value is -1.66. The fraction of sp³-hybridized carbons (Fsp3) is 0.588. The number of amides is 1. The van der Waals surface area contributed by atoms with Gasteiger partial charge >= 0.3 is 0 Å². The molecule has 0 saturated carbocycles. The Morgan fingerprint density at radius 3 is 2.52 bits per heavy atom. The van der Waals surface area contributed by atoms with E-state index < -0.39 is 6.10 Å². The molecule has 0 aromatic heterocycles. The van der Waals surface area contributed by atoms with Crippen LogP contribution in [0.2, 0.25) is 0 Å². The van der Waals surface area contributed by atoms with Gasteiger partial charge in [0.2, 0.25) is 5.91 Å². The number of nitrogens with zero attached hydrogens (tertiary/aromatic N) is 2. The van der Waals surface area contributed by atoms with Crippen molar-refractivity contribution in [1.82, 2.24) is 9.80 Å². The summed E-state index contributed by atoms with van der Waals surface area (Å²) in [6, 6.07) is 5.74. The molecule has 1 aromatic carbocycles. The highest BCUT2D eigenvalue weighted by Gasteiger charge is 2.26. The minimum absolute atomic E-state index is 0.0915. The van der Waals surface area contributed by atoms with Crippen LogP contribution in [0.4, 0.5) is 4.39 Å². The number of carbonyl (C=O) groups is 1.